The van der Waals surface area contributed by atoms with Crippen molar-refractivity contribution >= 4 is 26.2 Å². The second kappa shape index (κ2) is 10.3. The van der Waals surface area contributed by atoms with Gasteiger partial charge < -0.3 is 33.8 Å². The molecule has 1 saturated heterocycles. The number of aliphatic hydroxyl groups is 1. The van der Waals surface area contributed by atoms with Crippen LogP contribution in [0.5, 0.6) is 11.5 Å². The molecule has 10 nitrogen and oxygen atoms in total. The van der Waals surface area contributed by atoms with E-state index in [4.69, 9.17) is 23.4 Å². The predicted octanol–water partition coefficient (Wildman–Crippen LogP) is 4.56. The van der Waals surface area contributed by atoms with Gasteiger partial charge >= 0.3 is 11.9 Å². The number of hydrogen-bond donors (Lipinski definition) is 2. The molecular formula is C33H45NO9Si. The highest BCUT2D eigenvalue weighted by molar-refractivity contribution is 6.74. The van der Waals surface area contributed by atoms with Gasteiger partial charge in [-0.1, -0.05) is 33.3 Å². The Bertz CT molecular complexity index is 1430. The molecule has 0 radical (unpaired) electrons. The van der Waals surface area contributed by atoms with E-state index < -0.39 is 55.2 Å². The molecule has 5 aliphatic rings. The maximum absolute atomic E-state index is 13.1. The maximum atomic E-state index is 13.1. The Kier molecular flexibility index (Phi) is 7.29. The number of rotatable bonds is 8. The SMILES string of the molecule is CC1(C)OC(=O)[C@H](CC(=O)NCCC(=O)OC2=CC[C@@]3(O)[C@@H]4CCC[C@@]35c3c(ccc(O[Si](C)(C)C(C)(C)C)c3O[C@@H]25)C4)O1. The zero-order valence-corrected chi connectivity index (χ0v) is 27.8. The van der Waals surface area contributed by atoms with Crippen LogP contribution in [0.15, 0.2) is 24.0 Å². The maximum Gasteiger partial charge on any atom is 0.338 e. The van der Waals surface area contributed by atoms with Crippen LogP contribution in [0.3, 0.4) is 0 Å². The molecule has 0 unspecified atom stereocenters. The van der Waals surface area contributed by atoms with E-state index in [1.54, 1.807) is 13.8 Å². The quantitative estimate of drug-likeness (QED) is 0.315. The third kappa shape index (κ3) is 4.86. The highest BCUT2D eigenvalue weighted by Crippen LogP contribution is 2.67. The summed E-state index contributed by atoms with van der Waals surface area (Å²) in [6.07, 6.45) is 3.67. The molecule has 2 heterocycles. The van der Waals surface area contributed by atoms with Gasteiger partial charge in [-0.25, -0.2) is 4.79 Å². The van der Waals surface area contributed by atoms with E-state index in [1.165, 1.54) is 5.56 Å². The molecule has 2 fully saturated rings. The van der Waals surface area contributed by atoms with Crippen molar-refractivity contribution in [3.63, 3.8) is 0 Å². The van der Waals surface area contributed by atoms with E-state index in [9.17, 15) is 19.5 Å². The second-order valence-corrected chi connectivity index (χ2v) is 19.7. The summed E-state index contributed by atoms with van der Waals surface area (Å²) < 4.78 is 30.0. The van der Waals surface area contributed by atoms with Gasteiger partial charge in [0.25, 0.3) is 8.32 Å². The van der Waals surface area contributed by atoms with Crippen LogP contribution < -0.4 is 14.5 Å². The van der Waals surface area contributed by atoms with E-state index in [2.05, 4.69) is 45.2 Å². The van der Waals surface area contributed by atoms with Gasteiger partial charge in [-0.2, -0.15) is 0 Å². The van der Waals surface area contributed by atoms with Gasteiger partial charge in [0.2, 0.25) is 11.7 Å². The summed E-state index contributed by atoms with van der Waals surface area (Å²) in [4.78, 5) is 37.4. The molecular weight excluding hydrogens is 582 g/mol. The molecule has 1 saturated carbocycles. The summed E-state index contributed by atoms with van der Waals surface area (Å²) >= 11 is 0. The minimum absolute atomic E-state index is 0.0179. The molecule has 2 N–H and O–H groups in total. The zero-order chi connectivity index (χ0) is 31.9. The minimum Gasteiger partial charge on any atom is -0.541 e. The Hall–Kier alpha value is -2.89. The Morgan fingerprint density at radius 2 is 1.95 bits per heavy atom. The predicted molar refractivity (Wildman–Crippen MR) is 162 cm³/mol. The molecule has 2 aliphatic heterocycles. The summed E-state index contributed by atoms with van der Waals surface area (Å²) in [6.45, 7) is 14.2. The van der Waals surface area contributed by atoms with Crippen molar-refractivity contribution in [2.45, 2.75) is 127 Å². The third-order valence-corrected chi connectivity index (χ3v) is 15.1. The van der Waals surface area contributed by atoms with Crippen molar-refractivity contribution in [2.24, 2.45) is 5.92 Å². The monoisotopic (exact) mass is 627 g/mol. The normalized spacial score (nSPS) is 31.3. The number of esters is 2. The molecule has 240 valence electrons. The van der Waals surface area contributed by atoms with Gasteiger partial charge in [0.05, 0.1) is 23.9 Å². The van der Waals surface area contributed by atoms with Crippen molar-refractivity contribution in [1.82, 2.24) is 5.32 Å². The van der Waals surface area contributed by atoms with Crippen molar-refractivity contribution in [2.75, 3.05) is 6.54 Å². The fourth-order valence-corrected chi connectivity index (χ4v) is 8.62. The fraction of sp³-hybridized carbons (Fsp3) is 0.667. The van der Waals surface area contributed by atoms with E-state index in [-0.39, 0.29) is 30.3 Å². The Balaban J connectivity index is 1.19. The van der Waals surface area contributed by atoms with Crippen LogP contribution in [-0.2, 0) is 40.4 Å². The molecule has 0 aromatic heterocycles. The van der Waals surface area contributed by atoms with Crippen LogP contribution in [0.25, 0.3) is 0 Å². The van der Waals surface area contributed by atoms with E-state index in [1.807, 2.05) is 12.1 Å². The first kappa shape index (κ1) is 31.1. The van der Waals surface area contributed by atoms with Crippen molar-refractivity contribution in [3.05, 3.63) is 35.1 Å². The summed E-state index contributed by atoms with van der Waals surface area (Å²) in [5.74, 6) is -0.745. The number of benzene rings is 1. The van der Waals surface area contributed by atoms with Gasteiger partial charge in [-0.15, -0.1) is 0 Å². The van der Waals surface area contributed by atoms with E-state index >= 15 is 0 Å². The van der Waals surface area contributed by atoms with Crippen LogP contribution in [0, 0.1) is 5.92 Å². The summed E-state index contributed by atoms with van der Waals surface area (Å²) in [6, 6.07) is 4.15. The van der Waals surface area contributed by atoms with Crippen molar-refractivity contribution in [1.29, 1.82) is 0 Å². The van der Waals surface area contributed by atoms with Crippen molar-refractivity contribution < 1.29 is 42.9 Å². The van der Waals surface area contributed by atoms with Gasteiger partial charge in [0.1, 0.15) is 11.5 Å². The van der Waals surface area contributed by atoms with Crippen molar-refractivity contribution in [3.8, 4) is 11.5 Å². The zero-order valence-electron chi connectivity index (χ0n) is 26.8. The van der Waals surface area contributed by atoms with Crippen LogP contribution in [0.4, 0.5) is 0 Å². The Morgan fingerprint density at radius 1 is 1.20 bits per heavy atom. The lowest BCUT2D eigenvalue weighted by atomic mass is 9.47. The third-order valence-electron chi connectivity index (χ3n) is 10.7. The lowest BCUT2D eigenvalue weighted by Crippen LogP contribution is -2.67. The Morgan fingerprint density at radius 3 is 2.64 bits per heavy atom. The number of nitrogens with one attached hydrogen (secondary N) is 1. The van der Waals surface area contributed by atoms with Gasteiger partial charge in [-0.05, 0) is 67.4 Å². The van der Waals surface area contributed by atoms with Crippen LogP contribution in [0.1, 0.15) is 84.3 Å². The molecule has 5 atom stereocenters. The summed E-state index contributed by atoms with van der Waals surface area (Å²) in [5, 5.41) is 15.0. The standard InChI is InChI=1S/C33H45NO9Si/c1-30(2,3)44(6,7)43-21-11-10-19-17-20-9-8-14-32-26(19)27(21)40-28(32)22(12-15-33(20,32)38)39-25(36)13-16-34-24(35)18-23-29(37)42-31(4,5)41-23/h10-12,20,23,28,38H,8-9,13-18H2,1-7H3,(H,34,35)/t20-,23+,28+,32+,33-/m1/s1. The highest BCUT2D eigenvalue weighted by atomic mass is 28.4. The Labute approximate surface area is 259 Å². The lowest BCUT2D eigenvalue weighted by molar-refractivity contribution is -0.161. The lowest BCUT2D eigenvalue weighted by Gasteiger charge is -2.59. The minimum atomic E-state index is -2.21. The molecule has 1 spiro atoms. The first-order valence-electron chi connectivity index (χ1n) is 15.8. The first-order valence-corrected chi connectivity index (χ1v) is 18.7. The average molecular weight is 628 g/mol. The second-order valence-electron chi connectivity index (χ2n) is 15.0. The number of hydrogen-bond acceptors (Lipinski definition) is 9. The average Bonchev–Trinajstić information content (AvgIpc) is 3.38. The number of cyclic esters (lactones) is 1. The number of amides is 1. The van der Waals surface area contributed by atoms with E-state index in [0.717, 1.165) is 31.2 Å². The summed E-state index contributed by atoms with van der Waals surface area (Å²) in [5.41, 5.74) is 0.453. The topological polar surface area (TPSA) is 130 Å². The highest BCUT2D eigenvalue weighted by Gasteiger charge is 2.71. The number of ether oxygens (including phenoxy) is 4. The largest absolute Gasteiger partial charge is 0.541 e. The van der Waals surface area contributed by atoms with Gasteiger partial charge in [0.15, 0.2) is 18.0 Å². The summed E-state index contributed by atoms with van der Waals surface area (Å²) in [7, 11) is -2.21. The molecule has 6 rings (SSSR count). The first-order chi connectivity index (χ1) is 20.5. The van der Waals surface area contributed by atoms with Crippen LogP contribution in [-0.4, -0.2) is 61.4 Å². The fourth-order valence-electron chi connectivity index (χ4n) is 7.60. The smallest absolute Gasteiger partial charge is 0.338 e. The van der Waals surface area contributed by atoms with Crippen LogP contribution in [0.2, 0.25) is 18.1 Å². The van der Waals surface area contributed by atoms with Gasteiger partial charge in [0, 0.05) is 26.0 Å². The molecule has 11 heteroatoms. The van der Waals surface area contributed by atoms with E-state index in [0.29, 0.717) is 23.7 Å². The molecule has 1 amide bonds. The van der Waals surface area contributed by atoms with Gasteiger partial charge in [-0.3, -0.25) is 9.59 Å². The molecule has 2 bridgehead atoms. The molecule has 44 heavy (non-hydrogen) atoms. The number of carbonyl (C=O) groups excluding carboxylic acids is 3. The number of carbonyl (C=O) groups is 3. The van der Waals surface area contributed by atoms with Crippen LogP contribution >= 0.6 is 0 Å². The molecule has 1 aromatic rings. The molecule has 1 aromatic carbocycles. The molecule has 3 aliphatic carbocycles.